The lowest BCUT2D eigenvalue weighted by Gasteiger charge is -2.17. The first-order valence-corrected chi connectivity index (χ1v) is 13.0. The summed E-state index contributed by atoms with van der Waals surface area (Å²) in [5.74, 6) is 0.170. The quantitative estimate of drug-likeness (QED) is 0.245. The fourth-order valence-electron chi connectivity index (χ4n) is 5.53. The third-order valence-corrected chi connectivity index (χ3v) is 7.96. The number of fused-ring (bicyclic) bond motifs is 1. The molecule has 0 radical (unpaired) electrons. The Hall–Kier alpha value is -3.78. The van der Waals surface area contributed by atoms with Crippen LogP contribution in [0, 0.1) is 18.2 Å². The molecule has 2 aromatic heterocycles. The molecule has 7 nitrogen and oxygen atoms in total. The molecule has 0 amide bonds. The topological polar surface area (TPSA) is 98.8 Å². The number of hydrogen-bond acceptors (Lipinski definition) is 7. The third kappa shape index (κ3) is 4.53. The van der Waals surface area contributed by atoms with E-state index in [-0.39, 0.29) is 40.3 Å². The van der Waals surface area contributed by atoms with Crippen molar-refractivity contribution in [2.45, 2.75) is 51.4 Å². The maximum atomic E-state index is 15.0. The van der Waals surface area contributed by atoms with E-state index in [2.05, 4.69) is 20.3 Å². The maximum Gasteiger partial charge on any atom is 0.223 e. The smallest absolute Gasteiger partial charge is 0.223 e. The molecule has 2 aliphatic carbocycles. The van der Waals surface area contributed by atoms with E-state index in [0.717, 1.165) is 42.4 Å². The summed E-state index contributed by atoms with van der Waals surface area (Å²) in [6.07, 6.45) is 6.72. The van der Waals surface area contributed by atoms with E-state index in [4.69, 9.17) is 16.1 Å². The number of carbonyl (C=O) groups is 2. The summed E-state index contributed by atoms with van der Waals surface area (Å²) < 4.78 is 20.1. The van der Waals surface area contributed by atoms with Gasteiger partial charge in [0.15, 0.2) is 5.78 Å². The van der Waals surface area contributed by atoms with Crippen molar-refractivity contribution in [1.82, 2.24) is 20.3 Å². The first kappa shape index (κ1) is 24.6. The molecule has 2 aromatic carbocycles. The zero-order valence-corrected chi connectivity index (χ0v) is 21.5. The number of carbonyl (C=O) groups excluding carboxylic acids is 2. The summed E-state index contributed by atoms with van der Waals surface area (Å²) in [7, 11) is 0. The van der Waals surface area contributed by atoms with Crippen LogP contribution < -0.4 is 0 Å². The second-order valence-corrected chi connectivity index (χ2v) is 10.7. The van der Waals surface area contributed by atoms with Crippen molar-refractivity contribution in [3.63, 3.8) is 0 Å². The predicted octanol–water partition coefficient (Wildman–Crippen LogP) is 6.34. The molecule has 1 atom stereocenters. The van der Waals surface area contributed by atoms with Gasteiger partial charge in [0.2, 0.25) is 11.7 Å². The first-order valence-electron chi connectivity index (χ1n) is 12.6. The number of rotatable bonds is 8. The Balaban J connectivity index is 1.23. The van der Waals surface area contributed by atoms with Crippen LogP contribution in [0.2, 0.25) is 5.02 Å². The molecule has 0 spiro atoms. The molecule has 38 heavy (non-hydrogen) atoms. The van der Waals surface area contributed by atoms with Crippen LogP contribution in [0.3, 0.4) is 0 Å². The van der Waals surface area contributed by atoms with Gasteiger partial charge in [0.05, 0.1) is 18.0 Å². The second-order valence-electron chi connectivity index (χ2n) is 10.2. The Labute approximate surface area is 223 Å². The lowest BCUT2D eigenvalue weighted by Crippen LogP contribution is -2.22. The number of benzene rings is 2. The van der Waals surface area contributed by atoms with E-state index in [1.807, 2.05) is 18.2 Å². The zero-order chi connectivity index (χ0) is 26.4. The van der Waals surface area contributed by atoms with Gasteiger partial charge in [0.25, 0.3) is 0 Å². The highest BCUT2D eigenvalue weighted by Gasteiger charge is 2.51. The summed E-state index contributed by atoms with van der Waals surface area (Å²) in [5, 5.41) is 11.7. The molecule has 4 aromatic rings. The Kier molecular flexibility index (Phi) is 6.14. The van der Waals surface area contributed by atoms with E-state index in [0.29, 0.717) is 23.4 Å². The van der Waals surface area contributed by atoms with Crippen LogP contribution in [0.25, 0.3) is 22.5 Å². The van der Waals surface area contributed by atoms with E-state index in [1.54, 1.807) is 19.1 Å². The predicted molar refractivity (Wildman–Crippen MR) is 138 cm³/mol. The normalized spacial score (nSPS) is 17.3. The Bertz CT molecular complexity index is 1570. The van der Waals surface area contributed by atoms with Gasteiger partial charge < -0.3 is 4.52 Å². The van der Waals surface area contributed by atoms with E-state index < -0.39 is 11.2 Å². The number of Topliss-reactive ketones (excluding diaryl/α,β-unsaturated/α-hetero) is 2. The van der Waals surface area contributed by atoms with Crippen molar-refractivity contribution in [3.8, 4) is 22.5 Å². The van der Waals surface area contributed by atoms with Gasteiger partial charge in [0, 0.05) is 35.8 Å². The van der Waals surface area contributed by atoms with Crippen molar-refractivity contribution < 1.29 is 18.5 Å². The minimum Gasteiger partial charge on any atom is -0.339 e. The fraction of sp³-hybridized carbons (Fsp3) is 0.310. The van der Waals surface area contributed by atoms with Crippen molar-refractivity contribution in [2.75, 3.05) is 0 Å². The average molecular weight is 531 g/mol. The Morgan fingerprint density at radius 2 is 2.00 bits per heavy atom. The summed E-state index contributed by atoms with van der Waals surface area (Å²) in [6.45, 7) is 1.65. The van der Waals surface area contributed by atoms with Crippen molar-refractivity contribution in [2.24, 2.45) is 5.41 Å². The SMILES string of the molecule is Cc1nc(-c2c(F)cc(Cl)cc2-c2ccc3c(c2)CC[C@@H]3CC(=O)C2(CC(=O)c3ccnnc3)CC2)no1. The van der Waals surface area contributed by atoms with Crippen LogP contribution in [0.1, 0.15) is 65.4 Å². The van der Waals surface area contributed by atoms with Crippen molar-refractivity contribution >= 4 is 23.2 Å². The molecule has 2 aliphatic rings. The molecule has 0 saturated heterocycles. The summed E-state index contributed by atoms with van der Waals surface area (Å²) >= 11 is 6.21. The number of hydrogen-bond donors (Lipinski definition) is 0. The molecule has 1 fully saturated rings. The number of aromatic nitrogens is 4. The zero-order valence-electron chi connectivity index (χ0n) is 20.7. The highest BCUT2D eigenvalue weighted by atomic mass is 35.5. The molecule has 0 aliphatic heterocycles. The lowest BCUT2D eigenvalue weighted by atomic mass is 9.85. The minimum absolute atomic E-state index is 0.0661. The molecule has 2 heterocycles. The lowest BCUT2D eigenvalue weighted by molar-refractivity contribution is -0.124. The molecule has 6 rings (SSSR count). The monoisotopic (exact) mass is 530 g/mol. The highest BCUT2D eigenvalue weighted by molar-refractivity contribution is 6.31. The molecule has 0 N–H and O–H groups in total. The van der Waals surface area contributed by atoms with Crippen LogP contribution in [0.4, 0.5) is 4.39 Å². The van der Waals surface area contributed by atoms with Crippen molar-refractivity contribution in [1.29, 1.82) is 0 Å². The largest absolute Gasteiger partial charge is 0.339 e. The van der Waals surface area contributed by atoms with Crippen LogP contribution in [-0.2, 0) is 11.2 Å². The maximum absolute atomic E-state index is 15.0. The van der Waals surface area contributed by atoms with Gasteiger partial charge in [-0.15, -0.1) is 0 Å². The van der Waals surface area contributed by atoms with Gasteiger partial charge in [-0.1, -0.05) is 35.0 Å². The second kappa shape index (κ2) is 9.51. The number of halogens is 2. The van der Waals surface area contributed by atoms with E-state index >= 15 is 4.39 Å². The number of aryl methyl sites for hydroxylation is 2. The van der Waals surface area contributed by atoms with Gasteiger partial charge in [-0.2, -0.15) is 15.2 Å². The molecular formula is C29H24ClFN4O3. The first-order chi connectivity index (χ1) is 18.3. The van der Waals surface area contributed by atoms with Crippen molar-refractivity contribution in [3.05, 3.63) is 82.2 Å². The molecule has 0 bridgehead atoms. The third-order valence-electron chi connectivity index (χ3n) is 7.74. The minimum atomic E-state index is -0.557. The van der Waals surface area contributed by atoms with Crippen LogP contribution >= 0.6 is 11.6 Å². The number of ketones is 2. The molecule has 0 unspecified atom stereocenters. The van der Waals surface area contributed by atoms with Gasteiger partial charge in [-0.3, -0.25) is 9.59 Å². The fourth-order valence-corrected chi connectivity index (χ4v) is 5.73. The summed E-state index contributed by atoms with van der Waals surface area (Å²) in [5.41, 5.74) is 3.80. The molecule has 1 saturated carbocycles. The summed E-state index contributed by atoms with van der Waals surface area (Å²) in [4.78, 5) is 30.3. The van der Waals surface area contributed by atoms with Gasteiger partial charge in [-0.05, 0) is 72.1 Å². The molecular weight excluding hydrogens is 507 g/mol. The number of nitrogens with zero attached hydrogens (tertiary/aromatic N) is 4. The average Bonchev–Trinajstić information content (AvgIpc) is 3.40. The van der Waals surface area contributed by atoms with Gasteiger partial charge in [-0.25, -0.2) is 4.39 Å². The Morgan fingerprint density at radius 3 is 2.71 bits per heavy atom. The van der Waals surface area contributed by atoms with E-state index in [9.17, 15) is 9.59 Å². The van der Waals surface area contributed by atoms with Crippen LogP contribution in [0.5, 0.6) is 0 Å². The highest BCUT2D eigenvalue weighted by Crippen LogP contribution is 2.53. The van der Waals surface area contributed by atoms with Gasteiger partial charge in [0.1, 0.15) is 11.6 Å². The standard InChI is InChI=1S/C29H24ClFN4O3/c1-16-34-28(35-38-16)27-23(12-21(30)13-24(27)31)18-4-5-22-17(10-18)2-3-19(22)11-26(37)29(7-8-29)14-25(36)20-6-9-32-33-15-20/h4-6,9-10,12-13,15,19H,2-3,7-8,11,14H2,1H3/t19-/m1/s1. The summed E-state index contributed by atoms with van der Waals surface area (Å²) in [6, 6.07) is 10.6. The Morgan fingerprint density at radius 1 is 1.16 bits per heavy atom. The van der Waals surface area contributed by atoms with Crippen LogP contribution in [-0.4, -0.2) is 31.9 Å². The molecule has 192 valence electrons. The molecule has 9 heteroatoms. The van der Waals surface area contributed by atoms with E-state index in [1.165, 1.54) is 18.5 Å². The van der Waals surface area contributed by atoms with Gasteiger partial charge >= 0.3 is 0 Å². The van der Waals surface area contributed by atoms with Crippen LogP contribution in [0.15, 0.2) is 53.3 Å².